The number of hydrogen-bond acceptors (Lipinski definition) is 3. The number of anilines is 1. The minimum atomic E-state index is -1.16. The minimum Gasteiger partial charge on any atom is -0.480 e. The molecule has 0 aliphatic carbocycles. The zero-order valence-electron chi connectivity index (χ0n) is 9.84. The van der Waals surface area contributed by atoms with Crippen molar-refractivity contribution in [2.24, 2.45) is 0 Å². The van der Waals surface area contributed by atoms with Gasteiger partial charge in [0.05, 0.1) is 15.7 Å². The van der Waals surface area contributed by atoms with Gasteiger partial charge in [-0.25, -0.2) is 4.79 Å². The van der Waals surface area contributed by atoms with E-state index in [0.717, 1.165) is 0 Å². The molecule has 5 nitrogen and oxygen atoms in total. The highest BCUT2D eigenvalue weighted by molar-refractivity contribution is 6.41. The average molecular weight is 326 g/mol. The molecule has 0 aliphatic heterocycles. The molecular formula is C11H11Cl3N2O3. The molecule has 1 rings (SSSR count). The molecule has 0 heterocycles. The molecule has 0 aliphatic rings. The van der Waals surface area contributed by atoms with Gasteiger partial charge in [0, 0.05) is 18.5 Å². The molecule has 0 aromatic heterocycles. The summed E-state index contributed by atoms with van der Waals surface area (Å²) in [5.74, 6) is -1.61. The van der Waals surface area contributed by atoms with Crippen LogP contribution in [0.3, 0.4) is 0 Å². The number of rotatable bonds is 5. The molecule has 0 radical (unpaired) electrons. The van der Waals surface area contributed by atoms with Gasteiger partial charge < -0.3 is 15.7 Å². The Morgan fingerprint density at radius 2 is 1.79 bits per heavy atom. The summed E-state index contributed by atoms with van der Waals surface area (Å²) in [6.45, 7) is 1.17. The van der Waals surface area contributed by atoms with Crippen molar-refractivity contribution in [3.8, 4) is 0 Å². The van der Waals surface area contributed by atoms with E-state index in [2.05, 4.69) is 10.6 Å². The maximum atomic E-state index is 10.9. The van der Waals surface area contributed by atoms with E-state index in [1.165, 1.54) is 19.1 Å². The van der Waals surface area contributed by atoms with Gasteiger partial charge in [-0.05, 0) is 12.1 Å². The van der Waals surface area contributed by atoms with Gasteiger partial charge in [0.25, 0.3) is 0 Å². The first-order valence-electron chi connectivity index (χ1n) is 5.19. The molecule has 1 unspecified atom stereocenters. The Labute approximate surface area is 124 Å². The van der Waals surface area contributed by atoms with Crippen molar-refractivity contribution in [2.75, 3.05) is 11.9 Å². The predicted octanol–water partition coefficient (Wildman–Crippen LogP) is 2.65. The smallest absolute Gasteiger partial charge is 0.328 e. The summed E-state index contributed by atoms with van der Waals surface area (Å²) >= 11 is 17.6. The van der Waals surface area contributed by atoms with Crippen LogP contribution in [0, 0.1) is 0 Å². The van der Waals surface area contributed by atoms with E-state index >= 15 is 0 Å². The number of carboxylic acids is 1. The topological polar surface area (TPSA) is 78.4 Å². The van der Waals surface area contributed by atoms with Crippen LogP contribution < -0.4 is 10.6 Å². The largest absolute Gasteiger partial charge is 0.480 e. The number of carbonyl (C=O) groups excluding carboxylic acids is 1. The van der Waals surface area contributed by atoms with Crippen molar-refractivity contribution in [3.05, 3.63) is 27.2 Å². The fraction of sp³-hybridized carbons (Fsp3) is 0.273. The maximum absolute atomic E-state index is 10.9. The first kappa shape index (κ1) is 15.9. The molecule has 19 heavy (non-hydrogen) atoms. The van der Waals surface area contributed by atoms with Crippen molar-refractivity contribution in [2.45, 2.75) is 13.0 Å². The average Bonchev–Trinajstić information content (AvgIpc) is 2.25. The van der Waals surface area contributed by atoms with Crippen LogP contribution in [-0.4, -0.2) is 29.6 Å². The highest BCUT2D eigenvalue weighted by atomic mass is 35.5. The van der Waals surface area contributed by atoms with Crippen LogP contribution in [0.25, 0.3) is 0 Å². The third-order valence-electron chi connectivity index (χ3n) is 2.17. The Kier molecular flexibility index (Phi) is 5.72. The quantitative estimate of drug-likeness (QED) is 0.777. The molecule has 1 aromatic carbocycles. The van der Waals surface area contributed by atoms with Crippen LogP contribution in [0.5, 0.6) is 0 Å². The Morgan fingerprint density at radius 3 is 2.21 bits per heavy atom. The second-order valence-corrected chi connectivity index (χ2v) is 4.97. The second-order valence-electron chi connectivity index (χ2n) is 3.72. The number of nitrogens with one attached hydrogen (secondary N) is 2. The van der Waals surface area contributed by atoms with Gasteiger partial charge in [0.2, 0.25) is 5.91 Å². The Morgan fingerprint density at radius 1 is 1.26 bits per heavy atom. The Bertz CT molecular complexity index is 485. The number of carboxylic acid groups (broad SMARTS) is 1. The van der Waals surface area contributed by atoms with E-state index in [0.29, 0.717) is 10.7 Å². The summed E-state index contributed by atoms with van der Waals surface area (Å²) in [4.78, 5) is 21.8. The summed E-state index contributed by atoms with van der Waals surface area (Å²) in [7, 11) is 0. The second kappa shape index (κ2) is 6.84. The number of carbonyl (C=O) groups is 2. The standard InChI is InChI=1S/C11H11Cl3N2O3/c1-5(17)16-9(11(18)19)4-15-10-7(13)2-6(12)3-8(10)14/h2-3,9,15H,4H2,1H3,(H,16,17)(H,18,19). The number of hydrogen-bond donors (Lipinski definition) is 3. The van der Waals surface area contributed by atoms with Crippen molar-refractivity contribution in [1.29, 1.82) is 0 Å². The van der Waals surface area contributed by atoms with Gasteiger partial charge in [-0.3, -0.25) is 4.79 Å². The van der Waals surface area contributed by atoms with Crippen molar-refractivity contribution in [3.63, 3.8) is 0 Å². The van der Waals surface area contributed by atoms with E-state index < -0.39 is 17.9 Å². The molecule has 3 N–H and O–H groups in total. The summed E-state index contributed by atoms with van der Waals surface area (Å²) in [5.41, 5.74) is 0.365. The fourth-order valence-electron chi connectivity index (χ4n) is 1.36. The fourth-order valence-corrected chi connectivity index (χ4v) is 2.31. The van der Waals surface area contributed by atoms with Crippen LogP contribution in [0.1, 0.15) is 6.92 Å². The highest BCUT2D eigenvalue weighted by Crippen LogP contribution is 2.33. The van der Waals surface area contributed by atoms with Gasteiger partial charge in [-0.2, -0.15) is 0 Å². The van der Waals surface area contributed by atoms with E-state index in [1.54, 1.807) is 0 Å². The van der Waals surface area contributed by atoms with Gasteiger partial charge in [0.1, 0.15) is 6.04 Å². The highest BCUT2D eigenvalue weighted by Gasteiger charge is 2.19. The minimum absolute atomic E-state index is 0.0595. The Hall–Kier alpha value is -1.17. The SMILES string of the molecule is CC(=O)NC(CNc1c(Cl)cc(Cl)cc1Cl)C(=O)O. The number of benzene rings is 1. The molecule has 0 saturated heterocycles. The lowest BCUT2D eigenvalue weighted by atomic mass is 10.2. The number of amides is 1. The molecular weight excluding hydrogens is 314 g/mol. The van der Waals surface area contributed by atoms with Gasteiger partial charge in [-0.15, -0.1) is 0 Å². The first-order chi connectivity index (χ1) is 8.81. The molecule has 1 atom stereocenters. The predicted molar refractivity (Wildman–Crippen MR) is 75.2 cm³/mol. The third kappa shape index (κ3) is 4.78. The zero-order valence-corrected chi connectivity index (χ0v) is 12.1. The molecule has 0 saturated carbocycles. The summed E-state index contributed by atoms with van der Waals surface area (Å²) in [6, 6.07) is 1.87. The van der Waals surface area contributed by atoms with Gasteiger partial charge >= 0.3 is 5.97 Å². The lowest BCUT2D eigenvalue weighted by Crippen LogP contribution is -2.44. The van der Waals surface area contributed by atoms with Crippen LogP contribution in [-0.2, 0) is 9.59 Å². The van der Waals surface area contributed by atoms with Crippen molar-refractivity contribution >= 4 is 52.4 Å². The molecule has 104 valence electrons. The van der Waals surface area contributed by atoms with Crippen molar-refractivity contribution < 1.29 is 14.7 Å². The van der Waals surface area contributed by atoms with E-state index in [9.17, 15) is 9.59 Å². The number of aliphatic carboxylic acids is 1. The maximum Gasteiger partial charge on any atom is 0.328 e. The van der Waals surface area contributed by atoms with Crippen LogP contribution in [0.15, 0.2) is 12.1 Å². The van der Waals surface area contributed by atoms with Gasteiger partial charge in [0.15, 0.2) is 0 Å². The van der Waals surface area contributed by atoms with Gasteiger partial charge in [-0.1, -0.05) is 34.8 Å². The molecule has 0 spiro atoms. The molecule has 0 fully saturated rings. The van der Waals surface area contributed by atoms with E-state index in [1.807, 2.05) is 0 Å². The lowest BCUT2D eigenvalue weighted by Gasteiger charge is -2.16. The zero-order chi connectivity index (χ0) is 14.6. The molecule has 0 bridgehead atoms. The summed E-state index contributed by atoms with van der Waals surface area (Å²) < 4.78 is 0. The normalized spacial score (nSPS) is 11.8. The van der Waals surface area contributed by atoms with Crippen LogP contribution >= 0.6 is 34.8 Å². The monoisotopic (exact) mass is 324 g/mol. The molecule has 1 aromatic rings. The number of halogens is 3. The van der Waals surface area contributed by atoms with E-state index in [-0.39, 0.29) is 16.6 Å². The van der Waals surface area contributed by atoms with E-state index in [4.69, 9.17) is 39.9 Å². The third-order valence-corrected chi connectivity index (χ3v) is 2.98. The summed E-state index contributed by atoms with van der Waals surface area (Å²) in [6.07, 6.45) is 0. The first-order valence-corrected chi connectivity index (χ1v) is 6.33. The van der Waals surface area contributed by atoms with Crippen LogP contribution in [0.4, 0.5) is 5.69 Å². The lowest BCUT2D eigenvalue weighted by molar-refractivity contribution is -0.141. The molecule has 1 amide bonds. The molecule has 8 heteroatoms. The summed E-state index contributed by atoms with van der Waals surface area (Å²) in [5, 5.41) is 14.9. The Balaban J connectivity index is 2.80. The van der Waals surface area contributed by atoms with Crippen molar-refractivity contribution in [1.82, 2.24) is 5.32 Å². The van der Waals surface area contributed by atoms with Crippen LogP contribution in [0.2, 0.25) is 15.1 Å².